The molecule has 4 heteroatoms. The molecule has 0 bridgehead atoms. The minimum absolute atomic E-state index is 0.138. The molecule has 1 aromatic rings. The van der Waals surface area contributed by atoms with Gasteiger partial charge < -0.3 is 10.2 Å². The lowest BCUT2D eigenvalue weighted by molar-refractivity contribution is -0.134. The van der Waals surface area contributed by atoms with E-state index in [1.807, 2.05) is 31.3 Å². The van der Waals surface area contributed by atoms with E-state index in [0.717, 1.165) is 25.1 Å². The van der Waals surface area contributed by atoms with Crippen LogP contribution in [0.15, 0.2) is 24.3 Å². The van der Waals surface area contributed by atoms with E-state index in [4.69, 9.17) is 11.6 Å². The van der Waals surface area contributed by atoms with Gasteiger partial charge in [-0.05, 0) is 30.7 Å². The Morgan fingerprint density at radius 2 is 2.41 bits per heavy atom. The SMILES string of the molecule is CN(Cc1cccc(Cl)c1)C(=O)C1CCNC1. The third-order valence-electron chi connectivity index (χ3n) is 3.09. The van der Waals surface area contributed by atoms with E-state index in [0.29, 0.717) is 11.6 Å². The number of carbonyl (C=O) groups excluding carboxylic acids is 1. The number of amides is 1. The highest BCUT2D eigenvalue weighted by molar-refractivity contribution is 6.30. The fourth-order valence-electron chi connectivity index (χ4n) is 2.16. The van der Waals surface area contributed by atoms with E-state index in [2.05, 4.69) is 5.32 Å². The monoisotopic (exact) mass is 252 g/mol. The maximum Gasteiger partial charge on any atom is 0.227 e. The molecule has 3 nitrogen and oxygen atoms in total. The topological polar surface area (TPSA) is 32.3 Å². The molecule has 1 N–H and O–H groups in total. The summed E-state index contributed by atoms with van der Waals surface area (Å²) in [6.07, 6.45) is 0.943. The van der Waals surface area contributed by atoms with E-state index in [-0.39, 0.29) is 11.8 Å². The number of rotatable bonds is 3. The van der Waals surface area contributed by atoms with Crippen molar-refractivity contribution in [2.24, 2.45) is 5.92 Å². The third kappa shape index (κ3) is 3.20. The molecular weight excluding hydrogens is 236 g/mol. The van der Waals surface area contributed by atoms with E-state index in [1.165, 1.54) is 0 Å². The van der Waals surface area contributed by atoms with Crippen LogP contribution in [0.25, 0.3) is 0 Å². The summed E-state index contributed by atoms with van der Waals surface area (Å²) < 4.78 is 0. The standard InChI is InChI=1S/C13H17ClN2O/c1-16(13(17)11-5-6-15-8-11)9-10-3-2-4-12(14)7-10/h2-4,7,11,15H,5-6,8-9H2,1H3. The number of carbonyl (C=O) groups is 1. The van der Waals surface area contributed by atoms with Crippen LogP contribution in [0.1, 0.15) is 12.0 Å². The van der Waals surface area contributed by atoms with Crippen molar-refractivity contribution in [3.8, 4) is 0 Å². The fourth-order valence-corrected chi connectivity index (χ4v) is 2.38. The normalized spacial score (nSPS) is 19.3. The lowest BCUT2D eigenvalue weighted by Gasteiger charge is -2.20. The second kappa shape index (κ2) is 5.52. The van der Waals surface area contributed by atoms with Crippen molar-refractivity contribution in [1.29, 1.82) is 0 Å². The van der Waals surface area contributed by atoms with Crippen LogP contribution in [0.5, 0.6) is 0 Å². The first-order valence-electron chi connectivity index (χ1n) is 5.87. The molecule has 1 heterocycles. The minimum Gasteiger partial charge on any atom is -0.341 e. The van der Waals surface area contributed by atoms with Crippen molar-refractivity contribution < 1.29 is 4.79 Å². The molecule has 1 amide bonds. The largest absolute Gasteiger partial charge is 0.341 e. The summed E-state index contributed by atoms with van der Waals surface area (Å²) in [5.74, 6) is 0.356. The molecule has 0 aliphatic carbocycles. The van der Waals surface area contributed by atoms with Crippen LogP contribution in [0.2, 0.25) is 5.02 Å². The van der Waals surface area contributed by atoms with Gasteiger partial charge in [0, 0.05) is 25.2 Å². The average molecular weight is 253 g/mol. The highest BCUT2D eigenvalue weighted by Crippen LogP contribution is 2.15. The first-order valence-corrected chi connectivity index (χ1v) is 6.25. The summed E-state index contributed by atoms with van der Waals surface area (Å²) in [6, 6.07) is 7.64. The van der Waals surface area contributed by atoms with Gasteiger partial charge in [-0.3, -0.25) is 4.79 Å². The number of hydrogen-bond donors (Lipinski definition) is 1. The first-order chi connectivity index (χ1) is 8.16. The van der Waals surface area contributed by atoms with Crippen molar-refractivity contribution in [2.75, 3.05) is 20.1 Å². The summed E-state index contributed by atoms with van der Waals surface area (Å²) in [4.78, 5) is 13.9. The molecule has 0 spiro atoms. The first kappa shape index (κ1) is 12.4. The Hall–Kier alpha value is -1.06. The highest BCUT2D eigenvalue weighted by Gasteiger charge is 2.25. The zero-order valence-electron chi connectivity index (χ0n) is 9.95. The Morgan fingerprint density at radius 1 is 1.59 bits per heavy atom. The van der Waals surface area contributed by atoms with Crippen molar-refractivity contribution >= 4 is 17.5 Å². The molecule has 0 saturated carbocycles. The van der Waals surface area contributed by atoms with Gasteiger partial charge in [0.1, 0.15) is 0 Å². The van der Waals surface area contributed by atoms with Crippen LogP contribution >= 0.6 is 11.6 Å². The average Bonchev–Trinajstić information content (AvgIpc) is 2.81. The molecule has 1 unspecified atom stereocenters. The maximum absolute atomic E-state index is 12.1. The molecule has 1 atom stereocenters. The fraction of sp³-hybridized carbons (Fsp3) is 0.462. The van der Waals surface area contributed by atoms with Gasteiger partial charge in [0.2, 0.25) is 5.91 Å². The quantitative estimate of drug-likeness (QED) is 0.891. The molecule has 1 fully saturated rings. The lowest BCUT2D eigenvalue weighted by atomic mass is 10.1. The second-order valence-electron chi connectivity index (χ2n) is 4.51. The Bertz CT molecular complexity index is 402. The summed E-state index contributed by atoms with van der Waals surface area (Å²) >= 11 is 5.92. The Kier molecular flexibility index (Phi) is 4.02. The Labute approximate surface area is 107 Å². The molecule has 1 aliphatic heterocycles. The number of hydrogen-bond acceptors (Lipinski definition) is 2. The zero-order valence-corrected chi connectivity index (χ0v) is 10.7. The van der Waals surface area contributed by atoms with E-state index in [9.17, 15) is 4.79 Å². The Morgan fingerprint density at radius 3 is 3.06 bits per heavy atom. The molecule has 92 valence electrons. The molecule has 1 aliphatic rings. The van der Waals surface area contributed by atoms with Gasteiger partial charge in [0.25, 0.3) is 0 Å². The van der Waals surface area contributed by atoms with Gasteiger partial charge in [-0.25, -0.2) is 0 Å². The van der Waals surface area contributed by atoms with Crippen LogP contribution in [0.4, 0.5) is 0 Å². The van der Waals surface area contributed by atoms with Gasteiger partial charge in [0.05, 0.1) is 5.92 Å². The zero-order chi connectivity index (χ0) is 12.3. The minimum atomic E-state index is 0.138. The summed E-state index contributed by atoms with van der Waals surface area (Å²) in [5.41, 5.74) is 1.07. The number of nitrogens with zero attached hydrogens (tertiary/aromatic N) is 1. The van der Waals surface area contributed by atoms with Crippen molar-refractivity contribution in [3.05, 3.63) is 34.9 Å². The number of nitrogens with one attached hydrogen (secondary N) is 1. The summed E-state index contributed by atoms with van der Waals surface area (Å²) in [5, 5.41) is 3.93. The predicted molar refractivity (Wildman–Crippen MR) is 68.9 cm³/mol. The maximum atomic E-state index is 12.1. The van der Waals surface area contributed by atoms with Crippen LogP contribution in [-0.2, 0) is 11.3 Å². The van der Waals surface area contributed by atoms with Gasteiger partial charge in [0.15, 0.2) is 0 Å². The summed E-state index contributed by atoms with van der Waals surface area (Å²) in [7, 11) is 1.85. The molecule has 1 saturated heterocycles. The van der Waals surface area contributed by atoms with Crippen molar-refractivity contribution in [3.63, 3.8) is 0 Å². The van der Waals surface area contributed by atoms with Crippen molar-refractivity contribution in [2.45, 2.75) is 13.0 Å². The van der Waals surface area contributed by atoms with Crippen LogP contribution in [-0.4, -0.2) is 30.9 Å². The molecule has 2 rings (SSSR count). The molecule has 1 aromatic carbocycles. The second-order valence-corrected chi connectivity index (χ2v) is 4.95. The molecular formula is C13H17ClN2O. The third-order valence-corrected chi connectivity index (χ3v) is 3.33. The van der Waals surface area contributed by atoms with Gasteiger partial charge >= 0.3 is 0 Å². The summed E-state index contributed by atoms with van der Waals surface area (Å²) in [6.45, 7) is 2.37. The van der Waals surface area contributed by atoms with Crippen LogP contribution in [0, 0.1) is 5.92 Å². The highest BCUT2D eigenvalue weighted by atomic mass is 35.5. The van der Waals surface area contributed by atoms with Crippen LogP contribution in [0.3, 0.4) is 0 Å². The van der Waals surface area contributed by atoms with Crippen LogP contribution < -0.4 is 5.32 Å². The van der Waals surface area contributed by atoms with E-state index < -0.39 is 0 Å². The predicted octanol–water partition coefficient (Wildman–Crippen LogP) is 1.91. The molecule has 0 aromatic heterocycles. The molecule has 0 radical (unpaired) electrons. The van der Waals surface area contributed by atoms with Gasteiger partial charge in [-0.2, -0.15) is 0 Å². The Balaban J connectivity index is 1.96. The van der Waals surface area contributed by atoms with Gasteiger partial charge in [-0.1, -0.05) is 23.7 Å². The van der Waals surface area contributed by atoms with Gasteiger partial charge in [-0.15, -0.1) is 0 Å². The molecule has 17 heavy (non-hydrogen) atoms. The number of benzene rings is 1. The van der Waals surface area contributed by atoms with Crippen molar-refractivity contribution in [1.82, 2.24) is 10.2 Å². The van der Waals surface area contributed by atoms with E-state index >= 15 is 0 Å². The smallest absolute Gasteiger partial charge is 0.227 e. The van der Waals surface area contributed by atoms with E-state index in [1.54, 1.807) is 4.90 Å². The number of halogens is 1. The lowest BCUT2D eigenvalue weighted by Crippen LogP contribution is -2.33.